The molecule has 0 aliphatic heterocycles. The van der Waals surface area contributed by atoms with Crippen LogP contribution in [-0.2, 0) is 0 Å². The number of rotatable bonds is 3. The lowest BCUT2D eigenvalue weighted by molar-refractivity contribution is 0.0606. The van der Waals surface area contributed by atoms with E-state index in [0.29, 0.717) is 18.8 Å². The molecule has 2 rings (SSSR count). The van der Waals surface area contributed by atoms with Crippen molar-refractivity contribution in [2.45, 2.75) is 38.7 Å². The van der Waals surface area contributed by atoms with Gasteiger partial charge in [0.2, 0.25) is 0 Å². The van der Waals surface area contributed by atoms with E-state index in [1.54, 1.807) is 0 Å². The lowest BCUT2D eigenvalue weighted by Crippen LogP contribution is -2.25. The number of aliphatic hydroxyl groups excluding tert-OH is 1. The van der Waals surface area contributed by atoms with Crippen LogP contribution >= 0.6 is 0 Å². The number of nitriles is 1. The van der Waals surface area contributed by atoms with E-state index in [9.17, 15) is 19.1 Å². The summed E-state index contributed by atoms with van der Waals surface area (Å²) in [6.07, 6.45) is 1.57. The fourth-order valence-corrected chi connectivity index (χ4v) is 2.96. The van der Waals surface area contributed by atoms with Crippen molar-refractivity contribution >= 4 is 0 Å². The second-order valence-corrected chi connectivity index (χ2v) is 5.35. The van der Waals surface area contributed by atoms with Crippen molar-refractivity contribution in [1.82, 2.24) is 0 Å². The zero-order valence-electron chi connectivity index (χ0n) is 10.9. The van der Waals surface area contributed by atoms with Crippen LogP contribution in [0.5, 0.6) is 0 Å². The number of benzene rings is 1. The maximum Gasteiger partial charge on any atom is 0.129 e. The first-order valence-corrected chi connectivity index (χ1v) is 6.56. The average molecular weight is 265 g/mol. The first kappa shape index (κ1) is 14.0. The van der Waals surface area contributed by atoms with Crippen molar-refractivity contribution in [3.05, 3.63) is 35.4 Å². The van der Waals surface area contributed by atoms with Crippen LogP contribution in [0.1, 0.15) is 44.3 Å². The van der Waals surface area contributed by atoms with Crippen molar-refractivity contribution in [2.24, 2.45) is 11.3 Å². The normalized spacial score (nSPS) is 28.1. The Balaban J connectivity index is 2.34. The van der Waals surface area contributed by atoms with E-state index >= 15 is 0 Å². The molecule has 0 radical (unpaired) electrons. The molecule has 1 N–H and O–H groups in total. The predicted octanol–water partition coefficient (Wildman–Crippen LogP) is 3.72. The summed E-state index contributed by atoms with van der Waals surface area (Å²) in [5.41, 5.74) is -1.10. The summed E-state index contributed by atoms with van der Waals surface area (Å²) in [5, 5.41) is 19.8. The van der Waals surface area contributed by atoms with E-state index in [-0.39, 0.29) is 5.56 Å². The maximum absolute atomic E-state index is 13.7. The van der Waals surface area contributed by atoms with Gasteiger partial charge >= 0.3 is 0 Å². The zero-order chi connectivity index (χ0) is 14.0. The molecule has 4 heteroatoms. The Morgan fingerprint density at radius 1 is 1.53 bits per heavy atom. The van der Waals surface area contributed by atoms with E-state index in [0.717, 1.165) is 31.0 Å². The molecule has 1 aromatic carbocycles. The standard InChI is InChI=1S/C15H17F2NO/c1-2-10-5-6-15(8-10,9-18)14(19)12-7-11(16)3-4-13(12)17/h3-4,7,10,14,19H,2,5-6,8H2,1H3. The van der Waals surface area contributed by atoms with Crippen LogP contribution in [0, 0.1) is 34.3 Å². The van der Waals surface area contributed by atoms with Crippen molar-refractivity contribution < 1.29 is 13.9 Å². The summed E-state index contributed by atoms with van der Waals surface area (Å²) in [7, 11) is 0. The molecular weight excluding hydrogens is 248 g/mol. The number of nitrogens with zero attached hydrogens (tertiary/aromatic N) is 1. The van der Waals surface area contributed by atoms with Crippen molar-refractivity contribution in [3.8, 4) is 6.07 Å². The molecule has 0 bridgehead atoms. The summed E-state index contributed by atoms with van der Waals surface area (Å²) in [6, 6.07) is 5.13. The van der Waals surface area contributed by atoms with Gasteiger partial charge in [0, 0.05) is 5.56 Å². The second kappa shape index (κ2) is 5.26. The van der Waals surface area contributed by atoms with Crippen LogP contribution in [0.25, 0.3) is 0 Å². The third-order valence-corrected chi connectivity index (χ3v) is 4.23. The number of hydrogen-bond acceptors (Lipinski definition) is 2. The van der Waals surface area contributed by atoms with Gasteiger partial charge in [-0.25, -0.2) is 8.78 Å². The molecule has 1 aliphatic carbocycles. The van der Waals surface area contributed by atoms with Gasteiger partial charge in [-0.3, -0.25) is 0 Å². The molecule has 1 aromatic rings. The van der Waals surface area contributed by atoms with E-state index < -0.39 is 23.2 Å². The first-order valence-electron chi connectivity index (χ1n) is 6.56. The Morgan fingerprint density at radius 2 is 2.26 bits per heavy atom. The molecular formula is C15H17F2NO. The molecule has 102 valence electrons. The molecule has 0 heterocycles. The molecule has 0 saturated heterocycles. The fraction of sp³-hybridized carbons (Fsp3) is 0.533. The van der Waals surface area contributed by atoms with Crippen LogP contribution in [0.3, 0.4) is 0 Å². The molecule has 3 unspecified atom stereocenters. The summed E-state index contributed by atoms with van der Waals surface area (Å²) in [5.74, 6) is -0.900. The van der Waals surface area contributed by atoms with Gasteiger partial charge in [-0.05, 0) is 43.4 Å². The Bertz CT molecular complexity index is 511. The molecule has 0 amide bonds. The van der Waals surface area contributed by atoms with Gasteiger partial charge in [-0.15, -0.1) is 0 Å². The third kappa shape index (κ3) is 2.48. The quantitative estimate of drug-likeness (QED) is 0.905. The summed E-state index contributed by atoms with van der Waals surface area (Å²) < 4.78 is 26.9. The Labute approximate surface area is 111 Å². The fourth-order valence-electron chi connectivity index (χ4n) is 2.96. The smallest absolute Gasteiger partial charge is 0.129 e. The Morgan fingerprint density at radius 3 is 2.84 bits per heavy atom. The van der Waals surface area contributed by atoms with Crippen molar-refractivity contribution in [2.75, 3.05) is 0 Å². The van der Waals surface area contributed by atoms with E-state index in [1.165, 1.54) is 0 Å². The maximum atomic E-state index is 13.7. The van der Waals surface area contributed by atoms with Gasteiger partial charge < -0.3 is 5.11 Å². The highest BCUT2D eigenvalue weighted by Gasteiger charge is 2.46. The van der Waals surface area contributed by atoms with E-state index in [1.807, 2.05) is 6.92 Å². The van der Waals surface area contributed by atoms with Crippen LogP contribution in [0.2, 0.25) is 0 Å². The average Bonchev–Trinajstić information content (AvgIpc) is 2.85. The summed E-state index contributed by atoms with van der Waals surface area (Å²) in [4.78, 5) is 0. The molecule has 1 aliphatic rings. The highest BCUT2D eigenvalue weighted by molar-refractivity contribution is 5.26. The summed E-state index contributed by atoms with van der Waals surface area (Å²) in [6.45, 7) is 2.03. The van der Waals surface area contributed by atoms with E-state index in [4.69, 9.17) is 0 Å². The van der Waals surface area contributed by atoms with Gasteiger partial charge in [0.1, 0.15) is 17.7 Å². The van der Waals surface area contributed by atoms with Gasteiger partial charge in [0.05, 0.1) is 11.5 Å². The van der Waals surface area contributed by atoms with Crippen LogP contribution in [0.4, 0.5) is 8.78 Å². The topological polar surface area (TPSA) is 44.0 Å². The van der Waals surface area contributed by atoms with Crippen molar-refractivity contribution in [1.29, 1.82) is 5.26 Å². The minimum absolute atomic E-state index is 0.113. The lowest BCUT2D eigenvalue weighted by Gasteiger charge is -2.28. The highest BCUT2D eigenvalue weighted by atomic mass is 19.1. The minimum atomic E-state index is -1.27. The molecule has 1 fully saturated rings. The minimum Gasteiger partial charge on any atom is -0.387 e. The Hall–Kier alpha value is -1.47. The van der Waals surface area contributed by atoms with Crippen molar-refractivity contribution in [3.63, 3.8) is 0 Å². The van der Waals surface area contributed by atoms with Gasteiger partial charge in [-0.2, -0.15) is 5.26 Å². The SMILES string of the molecule is CCC1CCC(C#N)(C(O)c2cc(F)ccc2F)C1. The van der Waals surface area contributed by atoms with Gasteiger partial charge in [0.15, 0.2) is 0 Å². The zero-order valence-corrected chi connectivity index (χ0v) is 10.9. The van der Waals surface area contributed by atoms with Crippen LogP contribution in [-0.4, -0.2) is 5.11 Å². The largest absolute Gasteiger partial charge is 0.387 e. The highest BCUT2D eigenvalue weighted by Crippen LogP contribution is 2.50. The third-order valence-electron chi connectivity index (χ3n) is 4.23. The van der Waals surface area contributed by atoms with Gasteiger partial charge in [-0.1, -0.05) is 13.3 Å². The van der Waals surface area contributed by atoms with Crippen LogP contribution < -0.4 is 0 Å². The number of hydrogen-bond donors (Lipinski definition) is 1. The molecule has 3 atom stereocenters. The molecule has 19 heavy (non-hydrogen) atoms. The summed E-state index contributed by atoms with van der Waals surface area (Å²) >= 11 is 0. The monoisotopic (exact) mass is 265 g/mol. The van der Waals surface area contributed by atoms with Gasteiger partial charge in [0.25, 0.3) is 0 Å². The lowest BCUT2D eigenvalue weighted by atomic mass is 9.77. The predicted molar refractivity (Wildman–Crippen MR) is 67.0 cm³/mol. The number of aliphatic hydroxyl groups is 1. The first-order chi connectivity index (χ1) is 9.02. The molecule has 2 nitrogen and oxygen atoms in total. The number of halogens is 2. The second-order valence-electron chi connectivity index (χ2n) is 5.35. The van der Waals surface area contributed by atoms with E-state index in [2.05, 4.69) is 6.07 Å². The molecule has 0 aromatic heterocycles. The van der Waals surface area contributed by atoms with Crippen LogP contribution in [0.15, 0.2) is 18.2 Å². The molecule has 1 saturated carbocycles. The Kier molecular flexibility index (Phi) is 3.86. The molecule has 0 spiro atoms.